The van der Waals surface area contributed by atoms with E-state index in [2.05, 4.69) is 4.99 Å². The largest absolute Gasteiger partial charge is 0.486 e. The molecule has 2 aliphatic heterocycles. The molecule has 2 aromatic rings. The fraction of sp³-hybridized carbons (Fsp3) is 0.529. The van der Waals surface area contributed by atoms with Crippen LogP contribution in [0.1, 0.15) is 19.3 Å². The van der Waals surface area contributed by atoms with Crippen molar-refractivity contribution in [2.75, 3.05) is 26.0 Å². The normalized spacial score (nSPS) is 21.6. The van der Waals surface area contributed by atoms with E-state index in [9.17, 15) is 13.2 Å². The number of rotatable bonds is 2. The van der Waals surface area contributed by atoms with E-state index in [0.29, 0.717) is 42.5 Å². The minimum atomic E-state index is -3.44. The van der Waals surface area contributed by atoms with Crippen LogP contribution in [0, 0.1) is 0 Å². The number of hydrogen-bond donors (Lipinski definition) is 0. The molecule has 10 heteroatoms. The van der Waals surface area contributed by atoms with E-state index in [1.807, 2.05) is 23.7 Å². The fourth-order valence-electron chi connectivity index (χ4n) is 3.49. The van der Waals surface area contributed by atoms with Gasteiger partial charge in [0.1, 0.15) is 19.3 Å². The van der Waals surface area contributed by atoms with E-state index in [4.69, 9.17) is 9.47 Å². The second kappa shape index (κ2) is 6.92. The van der Waals surface area contributed by atoms with Crippen LogP contribution in [0.2, 0.25) is 0 Å². The molecule has 0 aliphatic carbocycles. The van der Waals surface area contributed by atoms with Gasteiger partial charge in [-0.15, -0.1) is 0 Å². The zero-order chi connectivity index (χ0) is 19.2. The quantitative estimate of drug-likeness (QED) is 0.742. The average Bonchev–Trinajstić information content (AvgIpc) is 2.94. The highest BCUT2D eigenvalue weighted by Crippen LogP contribution is 2.35. The Labute approximate surface area is 161 Å². The molecule has 4 rings (SSSR count). The molecule has 1 amide bonds. The molecule has 2 aliphatic rings. The van der Waals surface area contributed by atoms with Gasteiger partial charge in [-0.05, 0) is 12.8 Å². The van der Waals surface area contributed by atoms with Gasteiger partial charge in [-0.2, -0.15) is 9.30 Å². The van der Waals surface area contributed by atoms with Crippen LogP contribution in [0.3, 0.4) is 0 Å². The van der Waals surface area contributed by atoms with Gasteiger partial charge in [-0.25, -0.2) is 8.42 Å². The van der Waals surface area contributed by atoms with Crippen molar-refractivity contribution in [1.82, 2.24) is 8.87 Å². The molecule has 0 saturated carbocycles. The van der Waals surface area contributed by atoms with Crippen LogP contribution in [0.15, 0.2) is 17.1 Å². The second-order valence-electron chi connectivity index (χ2n) is 6.74. The molecular formula is C17H21N3O5S2. The molecule has 1 unspecified atom stereocenters. The Morgan fingerprint density at radius 1 is 1.22 bits per heavy atom. The maximum Gasteiger partial charge on any atom is 0.266 e. The number of piperidine rings is 1. The number of benzene rings is 1. The molecule has 3 heterocycles. The van der Waals surface area contributed by atoms with E-state index in [-0.39, 0.29) is 0 Å². The molecule has 27 heavy (non-hydrogen) atoms. The molecule has 1 aromatic heterocycles. The third kappa shape index (κ3) is 3.48. The summed E-state index contributed by atoms with van der Waals surface area (Å²) in [6.07, 6.45) is 3.22. The summed E-state index contributed by atoms with van der Waals surface area (Å²) in [4.78, 5) is 17.6. The highest BCUT2D eigenvalue weighted by Gasteiger charge is 2.34. The third-order valence-corrected chi connectivity index (χ3v) is 7.23. The molecule has 1 atom stereocenters. The van der Waals surface area contributed by atoms with Crippen LogP contribution in [-0.4, -0.2) is 55.3 Å². The van der Waals surface area contributed by atoms with Crippen molar-refractivity contribution in [3.05, 3.63) is 16.9 Å². The fourth-order valence-corrected chi connectivity index (χ4v) is 5.64. The molecule has 0 bridgehead atoms. The zero-order valence-corrected chi connectivity index (χ0v) is 16.8. The molecule has 1 aromatic carbocycles. The molecule has 0 N–H and O–H groups in total. The first-order valence-corrected chi connectivity index (χ1v) is 11.5. The van der Waals surface area contributed by atoms with Crippen LogP contribution in [0.5, 0.6) is 11.5 Å². The highest BCUT2D eigenvalue weighted by atomic mass is 32.2. The summed E-state index contributed by atoms with van der Waals surface area (Å²) in [7, 11) is -1.61. The van der Waals surface area contributed by atoms with Gasteiger partial charge in [0.15, 0.2) is 16.3 Å². The topological polar surface area (TPSA) is 90.2 Å². The van der Waals surface area contributed by atoms with Gasteiger partial charge in [0, 0.05) is 25.7 Å². The van der Waals surface area contributed by atoms with Gasteiger partial charge >= 0.3 is 0 Å². The van der Waals surface area contributed by atoms with Crippen molar-refractivity contribution in [1.29, 1.82) is 0 Å². The number of hydrogen-bond acceptors (Lipinski definition) is 6. The summed E-state index contributed by atoms with van der Waals surface area (Å²) in [5.41, 5.74) is 0.888. The predicted octanol–water partition coefficient (Wildman–Crippen LogP) is 1.25. The molecule has 8 nitrogen and oxygen atoms in total. The maximum absolute atomic E-state index is 12.8. The number of aryl methyl sites for hydroxylation is 1. The number of aromatic nitrogens is 1. The van der Waals surface area contributed by atoms with Crippen LogP contribution in [-0.2, 0) is 21.9 Å². The van der Waals surface area contributed by atoms with Crippen molar-refractivity contribution >= 4 is 37.5 Å². The lowest BCUT2D eigenvalue weighted by Crippen LogP contribution is -2.47. The van der Waals surface area contributed by atoms with Gasteiger partial charge in [0.25, 0.3) is 5.91 Å². The highest BCUT2D eigenvalue weighted by molar-refractivity contribution is 7.88. The lowest BCUT2D eigenvalue weighted by Gasteiger charge is -2.31. The number of amides is 1. The van der Waals surface area contributed by atoms with Crippen LogP contribution >= 0.6 is 11.3 Å². The van der Waals surface area contributed by atoms with Gasteiger partial charge < -0.3 is 14.0 Å². The van der Waals surface area contributed by atoms with Crippen molar-refractivity contribution in [2.24, 2.45) is 12.0 Å². The second-order valence-corrected chi connectivity index (χ2v) is 9.69. The standard InChI is InChI=1S/C17H21N3O5S2/c1-19-12-9-13-14(25-8-7-24-13)10-15(12)26-17(19)18-16(21)11-5-3-4-6-20(11)27(2,22)23/h9-11H,3-8H2,1-2H3. The molecular weight excluding hydrogens is 390 g/mol. The van der Waals surface area contributed by atoms with E-state index in [1.54, 1.807) is 0 Å². The van der Waals surface area contributed by atoms with E-state index >= 15 is 0 Å². The Hall–Kier alpha value is -1.91. The monoisotopic (exact) mass is 411 g/mol. The summed E-state index contributed by atoms with van der Waals surface area (Å²) in [5, 5.41) is 0. The van der Waals surface area contributed by atoms with Crippen molar-refractivity contribution in [3.63, 3.8) is 0 Å². The third-order valence-electron chi connectivity index (χ3n) is 4.84. The molecule has 0 radical (unpaired) electrons. The number of ether oxygens (including phenoxy) is 2. The smallest absolute Gasteiger partial charge is 0.266 e. The predicted molar refractivity (Wildman–Crippen MR) is 102 cm³/mol. The Morgan fingerprint density at radius 3 is 2.63 bits per heavy atom. The summed E-state index contributed by atoms with van der Waals surface area (Å²) in [6, 6.07) is 3.05. The van der Waals surface area contributed by atoms with E-state index < -0.39 is 22.0 Å². The van der Waals surface area contributed by atoms with Crippen LogP contribution in [0.25, 0.3) is 10.2 Å². The number of fused-ring (bicyclic) bond motifs is 2. The van der Waals surface area contributed by atoms with Gasteiger partial charge in [0.2, 0.25) is 10.0 Å². The lowest BCUT2D eigenvalue weighted by atomic mass is 10.0. The first-order chi connectivity index (χ1) is 12.8. The number of sulfonamides is 1. The molecule has 1 fully saturated rings. The Morgan fingerprint density at radius 2 is 1.93 bits per heavy atom. The Kier molecular flexibility index (Phi) is 4.73. The van der Waals surface area contributed by atoms with Crippen molar-refractivity contribution in [3.8, 4) is 11.5 Å². The minimum Gasteiger partial charge on any atom is -0.486 e. The van der Waals surface area contributed by atoms with E-state index in [1.165, 1.54) is 15.6 Å². The van der Waals surface area contributed by atoms with Crippen molar-refractivity contribution in [2.45, 2.75) is 25.3 Å². The molecule has 0 spiro atoms. The summed E-state index contributed by atoms with van der Waals surface area (Å²) in [6.45, 7) is 1.38. The Balaban J connectivity index is 1.73. The molecule has 1 saturated heterocycles. The average molecular weight is 412 g/mol. The summed E-state index contributed by atoms with van der Waals surface area (Å²) in [5.74, 6) is 0.944. The van der Waals surface area contributed by atoms with E-state index in [0.717, 1.165) is 29.3 Å². The number of nitrogens with zero attached hydrogens (tertiary/aromatic N) is 3. The van der Waals surface area contributed by atoms with Gasteiger partial charge in [-0.1, -0.05) is 17.8 Å². The van der Waals surface area contributed by atoms with Crippen LogP contribution in [0.4, 0.5) is 0 Å². The summed E-state index contributed by atoms with van der Waals surface area (Å²) < 4.78 is 39.3. The maximum atomic E-state index is 12.8. The van der Waals surface area contributed by atoms with Gasteiger partial charge in [-0.3, -0.25) is 4.79 Å². The first kappa shape index (κ1) is 18.5. The first-order valence-electron chi connectivity index (χ1n) is 8.79. The van der Waals surface area contributed by atoms with Gasteiger partial charge in [0.05, 0.1) is 16.5 Å². The lowest BCUT2D eigenvalue weighted by molar-refractivity contribution is -0.122. The minimum absolute atomic E-state index is 0.366. The van der Waals surface area contributed by atoms with Crippen molar-refractivity contribution < 1.29 is 22.7 Å². The van der Waals surface area contributed by atoms with Crippen LogP contribution < -0.4 is 14.3 Å². The Bertz CT molecular complexity index is 1070. The number of thiazole rings is 1. The molecule has 146 valence electrons. The zero-order valence-electron chi connectivity index (χ0n) is 15.2. The summed E-state index contributed by atoms with van der Waals surface area (Å²) >= 11 is 1.37. The number of carbonyl (C=O) groups is 1. The SMILES string of the molecule is Cn1c(=NC(=O)C2CCCCN2S(C)(=O)=O)sc2cc3c(cc21)OCCO3. The number of carbonyl (C=O) groups excluding carboxylic acids is 1.